The Bertz CT molecular complexity index is 1190. The van der Waals surface area contributed by atoms with Crippen molar-refractivity contribution in [3.63, 3.8) is 0 Å². The molecule has 1 N–H and O–H groups in total. The minimum Gasteiger partial charge on any atom is -0.404 e. The highest BCUT2D eigenvalue weighted by Gasteiger charge is 2.29. The van der Waals surface area contributed by atoms with Crippen LogP contribution in [0.5, 0.6) is 5.75 Å². The van der Waals surface area contributed by atoms with Gasteiger partial charge in [0.15, 0.2) is 5.75 Å². The molecule has 3 aromatic rings. The van der Waals surface area contributed by atoms with Crippen LogP contribution in [0.3, 0.4) is 0 Å². The first kappa shape index (κ1) is 18.7. The molecule has 0 aliphatic carbocycles. The summed E-state index contributed by atoms with van der Waals surface area (Å²) in [6.45, 7) is 12.8. The van der Waals surface area contributed by atoms with Crippen molar-refractivity contribution < 1.29 is 9.63 Å². The fraction of sp³-hybridized carbons (Fsp3) is 0.455. The smallest absolute Gasteiger partial charge is 0.269 e. The fourth-order valence-electron chi connectivity index (χ4n) is 4.32. The molecule has 1 fully saturated rings. The molecule has 1 aliphatic rings. The number of benzene rings is 1. The van der Waals surface area contributed by atoms with E-state index in [2.05, 4.69) is 4.98 Å². The van der Waals surface area contributed by atoms with E-state index < -0.39 is 0 Å². The quantitative estimate of drug-likeness (QED) is 0.704. The fourth-order valence-corrected chi connectivity index (χ4v) is 4.32. The molecule has 6 nitrogen and oxygen atoms in total. The number of hydrogen-bond acceptors (Lipinski definition) is 4. The van der Waals surface area contributed by atoms with Crippen LogP contribution in [-0.2, 0) is 4.79 Å². The number of rotatable bonds is 3. The standard InChI is InChI=1S/C22H27N3O3/c1-11-13(3)19-18(20(14(11)4)28-24-9-7-8-17(24)10-26)22(27)25-16(6)12(2)15(5)21(25)23-19/h10,17,23H,7-9H2,1-6H3. The third kappa shape index (κ3) is 2.44. The second-order valence-corrected chi connectivity index (χ2v) is 7.98. The molecule has 0 spiro atoms. The predicted octanol–water partition coefficient (Wildman–Crippen LogP) is 3.59. The lowest BCUT2D eigenvalue weighted by molar-refractivity contribution is -0.124. The van der Waals surface area contributed by atoms with Gasteiger partial charge in [-0.2, -0.15) is 0 Å². The van der Waals surface area contributed by atoms with Crippen LogP contribution in [0.2, 0.25) is 0 Å². The van der Waals surface area contributed by atoms with E-state index in [1.54, 1.807) is 9.46 Å². The summed E-state index contributed by atoms with van der Waals surface area (Å²) in [7, 11) is 0. The second-order valence-electron chi connectivity index (χ2n) is 7.98. The molecular formula is C22H27N3O3. The van der Waals surface area contributed by atoms with Crippen LogP contribution in [0.4, 0.5) is 0 Å². The van der Waals surface area contributed by atoms with Gasteiger partial charge in [0, 0.05) is 12.2 Å². The molecule has 3 heterocycles. The van der Waals surface area contributed by atoms with Gasteiger partial charge in [0.1, 0.15) is 23.4 Å². The van der Waals surface area contributed by atoms with Crippen molar-refractivity contribution in [1.82, 2.24) is 14.4 Å². The Hall–Kier alpha value is -2.60. The van der Waals surface area contributed by atoms with Crippen molar-refractivity contribution in [2.75, 3.05) is 6.54 Å². The lowest BCUT2D eigenvalue weighted by atomic mass is 9.99. The van der Waals surface area contributed by atoms with E-state index in [1.165, 1.54) is 0 Å². The van der Waals surface area contributed by atoms with Gasteiger partial charge in [0.2, 0.25) is 0 Å². The average molecular weight is 381 g/mol. The van der Waals surface area contributed by atoms with Gasteiger partial charge >= 0.3 is 0 Å². The first-order valence-corrected chi connectivity index (χ1v) is 9.81. The van der Waals surface area contributed by atoms with Crippen molar-refractivity contribution in [2.24, 2.45) is 0 Å². The topological polar surface area (TPSA) is 66.8 Å². The molecule has 1 saturated heterocycles. The summed E-state index contributed by atoms with van der Waals surface area (Å²) < 4.78 is 1.75. The number of hydrogen-bond donors (Lipinski definition) is 1. The van der Waals surface area contributed by atoms with Crippen molar-refractivity contribution in [2.45, 2.75) is 60.4 Å². The van der Waals surface area contributed by atoms with Gasteiger partial charge < -0.3 is 14.6 Å². The molecule has 0 amide bonds. The Morgan fingerprint density at radius 1 is 1.00 bits per heavy atom. The van der Waals surface area contributed by atoms with Crippen LogP contribution in [-0.4, -0.2) is 33.3 Å². The van der Waals surface area contributed by atoms with E-state index in [4.69, 9.17) is 4.84 Å². The highest BCUT2D eigenvalue weighted by molar-refractivity contribution is 5.91. The zero-order valence-corrected chi connectivity index (χ0v) is 17.4. The molecule has 1 aromatic carbocycles. The maximum Gasteiger partial charge on any atom is 0.269 e. The largest absolute Gasteiger partial charge is 0.404 e. The third-order valence-electron chi connectivity index (χ3n) is 6.61. The molecule has 6 heteroatoms. The van der Waals surface area contributed by atoms with Gasteiger partial charge in [-0.05, 0) is 82.2 Å². The first-order chi connectivity index (χ1) is 13.3. The maximum absolute atomic E-state index is 13.6. The predicted molar refractivity (Wildman–Crippen MR) is 110 cm³/mol. The maximum atomic E-state index is 13.6. The lowest BCUT2D eigenvalue weighted by Crippen LogP contribution is -2.34. The molecular weight excluding hydrogens is 354 g/mol. The molecule has 0 saturated carbocycles. The molecule has 0 radical (unpaired) electrons. The molecule has 28 heavy (non-hydrogen) atoms. The summed E-state index contributed by atoms with van der Waals surface area (Å²) in [5, 5.41) is 2.26. The van der Waals surface area contributed by atoms with Gasteiger partial charge in [-0.15, -0.1) is 5.06 Å². The number of carbonyl (C=O) groups excluding carboxylic acids is 1. The zero-order valence-electron chi connectivity index (χ0n) is 17.4. The van der Waals surface area contributed by atoms with Crippen molar-refractivity contribution >= 4 is 22.8 Å². The summed E-state index contributed by atoms with van der Waals surface area (Å²) in [5.41, 5.74) is 7.74. The molecule has 1 aliphatic heterocycles. The number of carbonyl (C=O) groups is 1. The minimum absolute atomic E-state index is 0.0829. The van der Waals surface area contributed by atoms with Crippen molar-refractivity contribution in [3.8, 4) is 5.75 Å². The number of aldehydes is 1. The summed E-state index contributed by atoms with van der Waals surface area (Å²) in [5.74, 6) is 0.554. The van der Waals surface area contributed by atoms with Gasteiger partial charge in [-0.25, -0.2) is 0 Å². The van der Waals surface area contributed by atoms with Crippen molar-refractivity contribution in [1.29, 1.82) is 0 Å². The molecule has 0 bridgehead atoms. The zero-order chi connectivity index (χ0) is 20.3. The van der Waals surface area contributed by atoms with E-state index in [-0.39, 0.29) is 11.6 Å². The number of fused-ring (bicyclic) bond motifs is 2. The lowest BCUT2D eigenvalue weighted by Gasteiger charge is -2.24. The van der Waals surface area contributed by atoms with E-state index >= 15 is 0 Å². The SMILES string of the molecule is Cc1c(C)c(ON2CCCC2C=O)c2c(=O)n3c(C)c(C)c(C)c3[nH]c2c1C. The Kier molecular flexibility index (Phi) is 4.34. The van der Waals surface area contributed by atoms with Gasteiger partial charge in [0.05, 0.1) is 5.52 Å². The van der Waals surface area contributed by atoms with Crippen LogP contribution in [0.15, 0.2) is 4.79 Å². The highest BCUT2D eigenvalue weighted by Crippen LogP contribution is 2.35. The highest BCUT2D eigenvalue weighted by atomic mass is 16.7. The number of aromatic amines is 1. The summed E-state index contributed by atoms with van der Waals surface area (Å²) in [4.78, 5) is 34.8. The van der Waals surface area contributed by atoms with Crippen molar-refractivity contribution in [3.05, 3.63) is 43.9 Å². The van der Waals surface area contributed by atoms with E-state index in [1.807, 2.05) is 41.5 Å². The number of nitrogens with one attached hydrogen (secondary N) is 1. The number of aryl methyl sites for hydroxylation is 3. The van der Waals surface area contributed by atoms with E-state index in [9.17, 15) is 9.59 Å². The number of aromatic nitrogens is 2. The second kappa shape index (κ2) is 6.48. The average Bonchev–Trinajstić information content (AvgIpc) is 3.22. The summed E-state index contributed by atoms with van der Waals surface area (Å²) >= 11 is 0. The van der Waals surface area contributed by atoms with Gasteiger partial charge in [-0.3, -0.25) is 9.20 Å². The minimum atomic E-state index is -0.267. The Morgan fingerprint density at radius 3 is 2.39 bits per heavy atom. The number of H-pyrrole nitrogens is 1. The number of nitrogens with zero attached hydrogens (tertiary/aromatic N) is 2. The Labute approximate surface area is 164 Å². The van der Waals surface area contributed by atoms with Gasteiger partial charge in [-0.1, -0.05) is 0 Å². The van der Waals surface area contributed by atoms with E-state index in [0.717, 1.165) is 63.8 Å². The molecule has 148 valence electrons. The van der Waals surface area contributed by atoms with Crippen LogP contribution in [0, 0.1) is 41.5 Å². The van der Waals surface area contributed by atoms with E-state index in [0.29, 0.717) is 17.7 Å². The molecule has 1 atom stereocenters. The third-order valence-corrected chi connectivity index (χ3v) is 6.61. The monoisotopic (exact) mass is 381 g/mol. The molecule has 4 rings (SSSR count). The van der Waals surface area contributed by atoms with Crippen LogP contribution in [0.1, 0.15) is 46.4 Å². The first-order valence-electron chi connectivity index (χ1n) is 9.81. The number of hydroxylamine groups is 2. The van der Waals surface area contributed by atoms with Gasteiger partial charge in [0.25, 0.3) is 5.56 Å². The Morgan fingerprint density at radius 2 is 1.71 bits per heavy atom. The molecule has 2 aromatic heterocycles. The summed E-state index contributed by atoms with van der Waals surface area (Å²) in [6.07, 6.45) is 2.61. The van der Waals surface area contributed by atoms with Crippen LogP contribution >= 0.6 is 0 Å². The Balaban J connectivity index is 2.09. The molecule has 1 unspecified atom stereocenters. The van der Waals surface area contributed by atoms with Crippen LogP contribution in [0.25, 0.3) is 16.6 Å². The van der Waals surface area contributed by atoms with Crippen LogP contribution < -0.4 is 10.4 Å². The summed E-state index contributed by atoms with van der Waals surface area (Å²) in [6, 6.07) is -0.267. The normalized spacial score (nSPS) is 17.7.